The van der Waals surface area contributed by atoms with Gasteiger partial charge in [-0.2, -0.15) is 5.10 Å². The Labute approximate surface area is 218 Å². The number of fused-ring (bicyclic) bond motifs is 3. The number of rotatable bonds is 4. The molecule has 5 aromatic rings. The molecule has 8 heteroatoms. The van der Waals surface area contributed by atoms with E-state index in [1.165, 1.54) is 6.07 Å². The lowest BCUT2D eigenvalue weighted by Gasteiger charge is -2.31. The molecule has 0 saturated carbocycles. The third kappa shape index (κ3) is 4.04. The molecular formula is C30H25F2N5O. The summed E-state index contributed by atoms with van der Waals surface area (Å²) in [6, 6.07) is 25.7. The number of nitrogens with one attached hydrogen (secondary N) is 1. The molecule has 2 aromatic heterocycles. The molecule has 0 spiro atoms. The van der Waals surface area contributed by atoms with Crippen LogP contribution in [-0.2, 0) is 13.0 Å². The quantitative estimate of drug-likeness (QED) is 0.295. The number of benzene rings is 3. The van der Waals surface area contributed by atoms with Crippen LogP contribution in [0.1, 0.15) is 35.5 Å². The second-order valence-corrected chi connectivity index (χ2v) is 9.15. The number of hydrogen-bond donors (Lipinski definition) is 1. The van der Waals surface area contributed by atoms with Crippen LogP contribution in [0.25, 0.3) is 11.5 Å². The van der Waals surface area contributed by atoms with E-state index in [9.17, 15) is 13.6 Å². The number of halogens is 2. The summed E-state index contributed by atoms with van der Waals surface area (Å²) in [7, 11) is 0. The van der Waals surface area contributed by atoms with Crippen LogP contribution in [0, 0.1) is 11.6 Å². The van der Waals surface area contributed by atoms with Crippen molar-refractivity contribution >= 4 is 11.7 Å². The third-order valence-corrected chi connectivity index (χ3v) is 6.85. The van der Waals surface area contributed by atoms with Gasteiger partial charge in [-0.25, -0.2) is 18.3 Å². The fraction of sp³-hybridized carbons (Fsp3) is 0.133. The number of urea groups is 1. The maximum atomic E-state index is 14.5. The van der Waals surface area contributed by atoms with Gasteiger partial charge in [-0.3, -0.25) is 0 Å². The van der Waals surface area contributed by atoms with Crippen molar-refractivity contribution in [2.45, 2.75) is 25.9 Å². The molecule has 6 nitrogen and oxygen atoms in total. The van der Waals surface area contributed by atoms with Crippen LogP contribution in [0.3, 0.4) is 0 Å². The van der Waals surface area contributed by atoms with Gasteiger partial charge >= 0.3 is 6.03 Å². The Morgan fingerprint density at radius 2 is 1.71 bits per heavy atom. The van der Waals surface area contributed by atoms with Crippen LogP contribution >= 0.6 is 0 Å². The normalized spacial score (nSPS) is 14.5. The largest absolute Gasteiger partial charge is 0.323 e. The average Bonchev–Trinajstić information content (AvgIpc) is 3.52. The number of anilines is 1. The van der Waals surface area contributed by atoms with Crippen molar-refractivity contribution in [3.63, 3.8) is 0 Å². The minimum Gasteiger partial charge on any atom is -0.307 e. The highest BCUT2D eigenvalue weighted by Gasteiger charge is 2.36. The highest BCUT2D eigenvalue weighted by atomic mass is 19.1. The Balaban J connectivity index is 1.54. The van der Waals surface area contributed by atoms with E-state index in [0.29, 0.717) is 6.42 Å². The van der Waals surface area contributed by atoms with E-state index in [4.69, 9.17) is 5.10 Å². The average molecular weight is 510 g/mol. The predicted octanol–water partition coefficient (Wildman–Crippen LogP) is 6.64. The molecule has 3 heterocycles. The lowest BCUT2D eigenvalue weighted by Crippen LogP contribution is -2.38. The Morgan fingerprint density at radius 1 is 0.974 bits per heavy atom. The number of carbonyl (C=O) groups is 1. The maximum Gasteiger partial charge on any atom is 0.323 e. The van der Waals surface area contributed by atoms with Gasteiger partial charge in [0.25, 0.3) is 0 Å². The van der Waals surface area contributed by atoms with Gasteiger partial charge in [0.15, 0.2) is 0 Å². The van der Waals surface area contributed by atoms with Gasteiger partial charge < -0.3 is 14.8 Å². The second-order valence-electron chi connectivity index (χ2n) is 9.15. The first kappa shape index (κ1) is 23.7. The van der Waals surface area contributed by atoms with E-state index in [1.54, 1.807) is 4.90 Å². The zero-order chi connectivity index (χ0) is 26.2. The van der Waals surface area contributed by atoms with E-state index in [1.807, 2.05) is 90.6 Å². The predicted molar refractivity (Wildman–Crippen MR) is 141 cm³/mol. The molecule has 0 bridgehead atoms. The van der Waals surface area contributed by atoms with E-state index >= 15 is 0 Å². The summed E-state index contributed by atoms with van der Waals surface area (Å²) in [6.45, 7) is 2.27. The van der Waals surface area contributed by atoms with Crippen LogP contribution in [-0.4, -0.2) is 25.3 Å². The van der Waals surface area contributed by atoms with Gasteiger partial charge in [0.05, 0.1) is 35.3 Å². The zero-order valence-electron chi connectivity index (χ0n) is 20.7. The van der Waals surface area contributed by atoms with Gasteiger partial charge in [0, 0.05) is 17.8 Å². The van der Waals surface area contributed by atoms with E-state index in [-0.39, 0.29) is 12.2 Å². The Bertz CT molecular complexity index is 1610. The number of aromatic nitrogens is 3. The van der Waals surface area contributed by atoms with E-state index < -0.39 is 23.7 Å². The highest BCUT2D eigenvalue weighted by molar-refractivity contribution is 5.90. The molecule has 0 aliphatic carbocycles. The fourth-order valence-electron chi connectivity index (χ4n) is 5.11. The van der Waals surface area contributed by atoms with Gasteiger partial charge in [0.2, 0.25) is 0 Å². The zero-order valence-corrected chi connectivity index (χ0v) is 20.7. The van der Waals surface area contributed by atoms with Crippen molar-refractivity contribution in [3.05, 3.63) is 131 Å². The first-order valence-electron chi connectivity index (χ1n) is 12.5. The lowest BCUT2D eigenvalue weighted by molar-refractivity contribution is 0.194. The summed E-state index contributed by atoms with van der Waals surface area (Å²) in [5.74, 6) is -0.683. The van der Waals surface area contributed by atoms with Gasteiger partial charge in [-0.05, 0) is 48.4 Å². The topological polar surface area (TPSA) is 55.1 Å². The summed E-state index contributed by atoms with van der Waals surface area (Å²) >= 11 is 0. The Hall–Kier alpha value is -4.72. The molecule has 6 rings (SSSR count). The standard InChI is InChI=1S/C30H25F2N5O/c1-2-25-23-19-36(30(38)33-26-16-15-21(31)18-24(26)32)28(20-10-5-3-6-11-20)27-14-9-17-35(27)29(23)37(34-25)22-12-7-4-8-13-22/h3-18,28H,2,19H2,1H3,(H,33,38)/t28-/m0/s1. The molecule has 0 unspecified atom stereocenters. The van der Waals surface area contributed by atoms with Crippen LogP contribution in [0.4, 0.5) is 19.3 Å². The highest BCUT2D eigenvalue weighted by Crippen LogP contribution is 2.39. The maximum absolute atomic E-state index is 14.5. The molecule has 0 fully saturated rings. The second kappa shape index (κ2) is 9.63. The number of hydrogen-bond acceptors (Lipinski definition) is 2. The molecule has 1 aliphatic rings. The summed E-state index contributed by atoms with van der Waals surface area (Å²) in [5.41, 5.74) is 4.36. The summed E-state index contributed by atoms with van der Waals surface area (Å²) in [6.07, 6.45) is 2.64. The number of para-hydroxylation sites is 1. The van der Waals surface area contributed by atoms with Crippen LogP contribution in [0.15, 0.2) is 97.2 Å². The van der Waals surface area contributed by atoms with Crippen LogP contribution in [0.5, 0.6) is 0 Å². The summed E-state index contributed by atoms with van der Waals surface area (Å²) in [5, 5.41) is 7.61. The van der Waals surface area contributed by atoms with Crippen molar-refractivity contribution in [2.75, 3.05) is 5.32 Å². The van der Waals surface area contributed by atoms with Crippen LogP contribution in [0.2, 0.25) is 0 Å². The summed E-state index contributed by atoms with van der Waals surface area (Å²) < 4.78 is 32.0. The molecule has 1 aliphatic heterocycles. The summed E-state index contributed by atoms with van der Waals surface area (Å²) in [4.78, 5) is 15.6. The van der Waals surface area contributed by atoms with Crippen molar-refractivity contribution < 1.29 is 13.6 Å². The minimum atomic E-state index is -0.834. The molecule has 1 atom stereocenters. The van der Waals surface area contributed by atoms with Gasteiger partial charge in [0.1, 0.15) is 17.5 Å². The van der Waals surface area contributed by atoms with Crippen LogP contribution < -0.4 is 5.32 Å². The molecule has 3 aromatic carbocycles. The van der Waals surface area contributed by atoms with Crippen molar-refractivity contribution in [2.24, 2.45) is 0 Å². The van der Waals surface area contributed by atoms with Gasteiger partial charge in [-0.1, -0.05) is 55.5 Å². The number of carbonyl (C=O) groups excluding carboxylic acids is 1. The fourth-order valence-corrected chi connectivity index (χ4v) is 5.11. The minimum absolute atomic E-state index is 0.0845. The SMILES string of the molecule is CCc1nn(-c2ccccc2)c2c1CN(C(=O)Nc1ccc(F)cc1F)[C@@H](c1ccccc1)c1cccn1-2. The molecule has 0 radical (unpaired) electrons. The first-order chi connectivity index (χ1) is 18.5. The van der Waals surface area contributed by atoms with Crippen molar-refractivity contribution in [1.29, 1.82) is 0 Å². The number of amides is 2. The molecule has 1 N–H and O–H groups in total. The molecular weight excluding hydrogens is 484 g/mol. The molecule has 190 valence electrons. The third-order valence-electron chi connectivity index (χ3n) is 6.85. The molecule has 2 amide bonds. The molecule has 38 heavy (non-hydrogen) atoms. The molecule has 0 saturated heterocycles. The van der Waals surface area contributed by atoms with Gasteiger partial charge in [-0.15, -0.1) is 0 Å². The van der Waals surface area contributed by atoms with E-state index in [2.05, 4.69) is 9.88 Å². The van der Waals surface area contributed by atoms with Crippen molar-refractivity contribution in [3.8, 4) is 11.5 Å². The first-order valence-corrected chi connectivity index (χ1v) is 12.5. The Morgan fingerprint density at radius 3 is 2.42 bits per heavy atom. The monoisotopic (exact) mass is 509 g/mol. The smallest absolute Gasteiger partial charge is 0.307 e. The lowest BCUT2D eigenvalue weighted by atomic mass is 10.0. The number of aryl methyl sites for hydroxylation is 1. The van der Waals surface area contributed by atoms with Crippen molar-refractivity contribution in [1.82, 2.24) is 19.2 Å². The van der Waals surface area contributed by atoms with E-state index in [0.717, 1.165) is 46.2 Å². The number of nitrogens with zero attached hydrogens (tertiary/aromatic N) is 4. The Kier molecular flexibility index (Phi) is 5.99.